The van der Waals surface area contributed by atoms with Gasteiger partial charge in [-0.3, -0.25) is 4.98 Å². The fraction of sp³-hybridized carbons (Fsp3) is 0.429. The van der Waals surface area contributed by atoms with Crippen molar-refractivity contribution in [3.63, 3.8) is 0 Å². The Hall–Kier alpha value is -3.38. The number of nitrogens with one attached hydrogen (secondary N) is 2. The Labute approximate surface area is 236 Å². The Morgan fingerprint density at radius 2 is 1.82 bits per heavy atom. The molecule has 2 fully saturated rings. The molecule has 0 radical (unpaired) electrons. The third kappa shape index (κ3) is 5.46. The molecular weight excluding hydrogens is 551 g/mol. The highest BCUT2D eigenvalue weighted by molar-refractivity contribution is 7.91. The summed E-state index contributed by atoms with van der Waals surface area (Å²) in [4.78, 5) is 18.9. The van der Waals surface area contributed by atoms with E-state index in [0.717, 1.165) is 63.9 Å². The van der Waals surface area contributed by atoms with E-state index in [-0.39, 0.29) is 28.4 Å². The highest BCUT2D eigenvalue weighted by Crippen LogP contribution is 2.39. The number of halogens is 1. The zero-order chi connectivity index (χ0) is 28.0. The van der Waals surface area contributed by atoms with E-state index < -0.39 is 15.7 Å². The van der Waals surface area contributed by atoms with Gasteiger partial charge in [0, 0.05) is 18.3 Å². The van der Waals surface area contributed by atoms with Crippen LogP contribution in [-0.2, 0) is 9.84 Å². The molecule has 210 valence electrons. The average Bonchev–Trinajstić information content (AvgIpc) is 3.43. The van der Waals surface area contributed by atoms with E-state index in [1.807, 2.05) is 19.9 Å². The van der Waals surface area contributed by atoms with Gasteiger partial charge in [0.2, 0.25) is 5.95 Å². The summed E-state index contributed by atoms with van der Waals surface area (Å²) in [6.45, 7) is 3.92. The topological polar surface area (TPSA) is 119 Å². The Morgan fingerprint density at radius 1 is 1.02 bits per heavy atom. The number of fused-ring (bicyclic) bond motifs is 1. The minimum atomic E-state index is -3.65. The predicted octanol–water partition coefficient (Wildman–Crippen LogP) is 5.54. The molecule has 40 heavy (non-hydrogen) atoms. The van der Waals surface area contributed by atoms with Crippen LogP contribution in [0.15, 0.2) is 35.4 Å². The molecule has 2 atom stereocenters. The highest BCUT2D eigenvalue weighted by Gasteiger charge is 2.32. The van der Waals surface area contributed by atoms with Gasteiger partial charge in [-0.2, -0.15) is 4.98 Å². The van der Waals surface area contributed by atoms with Gasteiger partial charge in [0.15, 0.2) is 21.4 Å². The molecule has 2 aliphatic carbocycles. The molecule has 12 heteroatoms. The lowest BCUT2D eigenvalue weighted by molar-refractivity contribution is 0.385. The minimum Gasteiger partial charge on any atom is -0.494 e. The molecule has 0 bridgehead atoms. The van der Waals surface area contributed by atoms with E-state index >= 15 is 0 Å². The van der Waals surface area contributed by atoms with Crippen molar-refractivity contribution < 1.29 is 17.5 Å². The second kappa shape index (κ2) is 10.5. The van der Waals surface area contributed by atoms with E-state index in [4.69, 9.17) is 19.7 Å². The molecule has 2 unspecified atom stereocenters. The van der Waals surface area contributed by atoms with Crippen LogP contribution in [0.4, 0.5) is 16.2 Å². The number of nitrogens with zero attached hydrogens (tertiary/aromatic N) is 4. The van der Waals surface area contributed by atoms with Gasteiger partial charge >= 0.3 is 0 Å². The van der Waals surface area contributed by atoms with Crippen LogP contribution in [-0.4, -0.2) is 53.3 Å². The Bertz CT molecular complexity index is 1690. The summed E-state index contributed by atoms with van der Waals surface area (Å²) in [5.74, 6) is 0.535. The molecule has 0 amide bonds. The summed E-state index contributed by atoms with van der Waals surface area (Å²) >= 11 is 1.58. The van der Waals surface area contributed by atoms with Gasteiger partial charge in [-0.15, -0.1) is 11.3 Å². The lowest BCUT2D eigenvalue weighted by atomic mass is 10.1. The monoisotopic (exact) mass is 582 g/mol. The summed E-state index contributed by atoms with van der Waals surface area (Å²) in [6, 6.07) is 6.20. The first kappa shape index (κ1) is 26.8. The fourth-order valence-corrected chi connectivity index (χ4v) is 8.08. The lowest BCUT2D eigenvalue weighted by Crippen LogP contribution is -2.21. The molecule has 3 heterocycles. The molecule has 2 aliphatic rings. The number of aryl methyl sites for hydroxylation is 2. The summed E-state index contributed by atoms with van der Waals surface area (Å²) in [6.07, 6.45) is 6.20. The molecule has 1 aromatic carbocycles. The zero-order valence-corrected chi connectivity index (χ0v) is 24.2. The van der Waals surface area contributed by atoms with Crippen LogP contribution >= 0.6 is 11.3 Å². The maximum Gasteiger partial charge on any atom is 0.225 e. The van der Waals surface area contributed by atoms with Crippen molar-refractivity contribution in [2.75, 3.05) is 23.5 Å². The molecule has 2 N–H and O–H groups in total. The van der Waals surface area contributed by atoms with E-state index in [9.17, 15) is 12.8 Å². The molecule has 0 spiro atoms. The largest absolute Gasteiger partial charge is 0.494 e. The molecule has 0 saturated heterocycles. The van der Waals surface area contributed by atoms with Crippen molar-refractivity contribution in [1.82, 2.24) is 19.9 Å². The Morgan fingerprint density at radius 3 is 2.55 bits per heavy atom. The first-order valence-corrected chi connectivity index (χ1v) is 15.9. The average molecular weight is 583 g/mol. The van der Waals surface area contributed by atoms with Gasteiger partial charge in [-0.25, -0.2) is 22.8 Å². The van der Waals surface area contributed by atoms with Crippen LogP contribution in [0.2, 0.25) is 0 Å². The van der Waals surface area contributed by atoms with Crippen molar-refractivity contribution in [3.8, 4) is 16.3 Å². The molecule has 6 rings (SSSR count). The Kier molecular flexibility index (Phi) is 7.07. The van der Waals surface area contributed by atoms with Gasteiger partial charge in [0.1, 0.15) is 16.3 Å². The maximum atomic E-state index is 14.2. The minimum absolute atomic E-state index is 0.0210. The summed E-state index contributed by atoms with van der Waals surface area (Å²) in [7, 11) is -2.30. The summed E-state index contributed by atoms with van der Waals surface area (Å²) < 4.78 is 46.3. The number of anilines is 2. The third-order valence-electron chi connectivity index (χ3n) is 7.52. The number of ether oxygens (including phenoxy) is 1. The number of rotatable bonds is 9. The lowest BCUT2D eigenvalue weighted by Gasteiger charge is -2.18. The van der Waals surface area contributed by atoms with Gasteiger partial charge in [-0.1, -0.05) is 0 Å². The van der Waals surface area contributed by atoms with Crippen molar-refractivity contribution in [2.45, 2.75) is 62.9 Å². The summed E-state index contributed by atoms with van der Waals surface area (Å²) in [5.41, 5.74) is 3.42. The van der Waals surface area contributed by atoms with Gasteiger partial charge in [0.05, 0.1) is 39.4 Å². The van der Waals surface area contributed by atoms with Crippen molar-refractivity contribution in [1.29, 1.82) is 0 Å². The standard InChI is InChI=1S/C28H31FN6O3S2/c1-15-24(27-34-25-16(2)30-11-10-23(25)39-27)26(35-28(31-15)33-18-6-7-18)32-19-5-4-17(12-19)14-40(36,37)20-8-9-22(38-3)21(29)13-20/h8-11,13,17-19H,4-7,12,14H2,1-3H3,(H2,31,32,33,35). The number of aromatic nitrogens is 4. The van der Waals surface area contributed by atoms with E-state index in [1.54, 1.807) is 17.5 Å². The number of pyridine rings is 1. The molecular formula is C28H31FN6O3S2. The first-order valence-electron chi connectivity index (χ1n) is 13.4. The molecule has 2 saturated carbocycles. The second-order valence-corrected chi connectivity index (χ2v) is 13.7. The van der Waals surface area contributed by atoms with Crippen molar-refractivity contribution in [2.24, 2.45) is 5.92 Å². The van der Waals surface area contributed by atoms with Gasteiger partial charge < -0.3 is 15.4 Å². The van der Waals surface area contributed by atoms with Crippen LogP contribution in [0, 0.1) is 25.6 Å². The van der Waals surface area contributed by atoms with Gasteiger partial charge in [-0.05, 0) is 76.1 Å². The zero-order valence-electron chi connectivity index (χ0n) is 22.6. The molecule has 0 aliphatic heterocycles. The molecule has 4 aromatic rings. The third-order valence-corrected chi connectivity index (χ3v) is 10.4. The van der Waals surface area contributed by atoms with E-state index in [2.05, 4.69) is 15.6 Å². The van der Waals surface area contributed by atoms with E-state index in [0.29, 0.717) is 24.2 Å². The first-order chi connectivity index (χ1) is 19.2. The summed E-state index contributed by atoms with van der Waals surface area (Å²) in [5, 5.41) is 7.83. The Balaban J connectivity index is 1.24. The second-order valence-electron chi connectivity index (χ2n) is 10.6. The normalized spacial score (nSPS) is 19.2. The smallest absolute Gasteiger partial charge is 0.225 e. The SMILES string of the molecule is COc1ccc(S(=O)(=O)CC2CCC(Nc3nc(NC4CC4)nc(C)c3-c3nc4c(C)nccc4s3)C2)cc1F. The van der Waals surface area contributed by atoms with Crippen LogP contribution in [0.25, 0.3) is 20.8 Å². The fourth-order valence-electron chi connectivity index (χ4n) is 5.30. The highest BCUT2D eigenvalue weighted by atomic mass is 32.2. The van der Waals surface area contributed by atoms with Crippen LogP contribution in [0.1, 0.15) is 43.5 Å². The maximum absolute atomic E-state index is 14.2. The predicted molar refractivity (Wildman–Crippen MR) is 154 cm³/mol. The van der Waals surface area contributed by atoms with Crippen LogP contribution in [0.3, 0.4) is 0 Å². The number of hydrogen-bond donors (Lipinski definition) is 2. The number of hydrogen-bond acceptors (Lipinski definition) is 10. The van der Waals surface area contributed by atoms with Gasteiger partial charge in [0.25, 0.3) is 0 Å². The quantitative estimate of drug-likeness (QED) is 0.262. The van der Waals surface area contributed by atoms with Crippen molar-refractivity contribution >= 4 is 43.2 Å². The van der Waals surface area contributed by atoms with Crippen molar-refractivity contribution in [3.05, 3.63) is 47.7 Å². The van der Waals surface area contributed by atoms with E-state index in [1.165, 1.54) is 19.2 Å². The molecule has 9 nitrogen and oxygen atoms in total. The number of sulfone groups is 1. The number of methoxy groups -OCH3 is 1. The van der Waals surface area contributed by atoms with Crippen LogP contribution in [0.5, 0.6) is 5.75 Å². The molecule has 3 aromatic heterocycles. The number of thiazole rings is 1. The van der Waals surface area contributed by atoms with Crippen LogP contribution < -0.4 is 15.4 Å². The number of benzene rings is 1.